The molecule has 0 nitrogen and oxygen atoms in total. The van der Waals surface area contributed by atoms with Gasteiger partial charge in [-0.2, -0.15) is 0 Å². The lowest BCUT2D eigenvalue weighted by atomic mass is 10.1. The largest absolute Gasteiger partial charge is 0.266 e. The van der Waals surface area contributed by atoms with Crippen molar-refractivity contribution in [2.24, 2.45) is 0 Å². The standard InChI is InChI=1S/C8H7F3/c1-5-2-3-7(9)6(4-5)8(10)11/h2-4,8H,1H3. The summed E-state index contributed by atoms with van der Waals surface area (Å²) in [6.45, 7) is 1.64. The van der Waals surface area contributed by atoms with Crippen LogP contribution in [-0.2, 0) is 0 Å². The van der Waals surface area contributed by atoms with Crippen LogP contribution >= 0.6 is 0 Å². The molecule has 3 heteroatoms. The van der Waals surface area contributed by atoms with Gasteiger partial charge in [0.05, 0.1) is 5.56 Å². The minimum atomic E-state index is -2.73. The first-order valence-corrected chi connectivity index (χ1v) is 3.15. The molecule has 0 unspecified atom stereocenters. The highest BCUT2D eigenvalue weighted by atomic mass is 19.3. The van der Waals surface area contributed by atoms with Gasteiger partial charge in [0.25, 0.3) is 6.43 Å². The second-order valence-electron chi connectivity index (χ2n) is 2.33. The zero-order chi connectivity index (χ0) is 8.43. The molecule has 60 valence electrons. The van der Waals surface area contributed by atoms with Gasteiger partial charge in [0.15, 0.2) is 0 Å². The fourth-order valence-electron chi connectivity index (χ4n) is 0.830. The van der Waals surface area contributed by atoms with E-state index in [1.807, 2.05) is 0 Å². The van der Waals surface area contributed by atoms with Crippen LogP contribution < -0.4 is 0 Å². The molecule has 0 aliphatic rings. The zero-order valence-corrected chi connectivity index (χ0v) is 5.94. The fraction of sp³-hybridized carbons (Fsp3) is 0.250. The van der Waals surface area contributed by atoms with E-state index < -0.39 is 17.8 Å². The predicted molar refractivity (Wildman–Crippen MR) is 36.1 cm³/mol. The van der Waals surface area contributed by atoms with E-state index in [0.29, 0.717) is 5.56 Å². The van der Waals surface area contributed by atoms with E-state index in [1.54, 1.807) is 6.92 Å². The summed E-state index contributed by atoms with van der Waals surface area (Å²) < 4.78 is 36.5. The van der Waals surface area contributed by atoms with Crippen LogP contribution in [-0.4, -0.2) is 0 Å². The minimum absolute atomic E-state index is 0.523. The zero-order valence-electron chi connectivity index (χ0n) is 5.94. The first-order chi connectivity index (χ1) is 5.11. The van der Waals surface area contributed by atoms with Crippen LogP contribution in [0.25, 0.3) is 0 Å². The van der Waals surface area contributed by atoms with Crippen molar-refractivity contribution in [3.63, 3.8) is 0 Å². The molecule has 1 rings (SSSR count). The Morgan fingerprint density at radius 1 is 1.27 bits per heavy atom. The highest BCUT2D eigenvalue weighted by Crippen LogP contribution is 2.22. The molecule has 0 aliphatic heterocycles. The number of hydrogen-bond donors (Lipinski definition) is 0. The van der Waals surface area contributed by atoms with Crippen molar-refractivity contribution in [1.29, 1.82) is 0 Å². The summed E-state index contributed by atoms with van der Waals surface area (Å²) in [7, 11) is 0. The van der Waals surface area contributed by atoms with E-state index in [-0.39, 0.29) is 0 Å². The highest BCUT2D eigenvalue weighted by molar-refractivity contribution is 5.24. The van der Waals surface area contributed by atoms with Gasteiger partial charge < -0.3 is 0 Å². The SMILES string of the molecule is Cc1ccc(F)c(C(F)F)c1. The van der Waals surface area contributed by atoms with Gasteiger partial charge >= 0.3 is 0 Å². The van der Waals surface area contributed by atoms with Crippen LogP contribution in [0.5, 0.6) is 0 Å². The van der Waals surface area contributed by atoms with Gasteiger partial charge in [-0.3, -0.25) is 0 Å². The average Bonchev–Trinajstić information content (AvgIpc) is 1.94. The van der Waals surface area contributed by atoms with E-state index >= 15 is 0 Å². The Morgan fingerprint density at radius 2 is 1.91 bits per heavy atom. The van der Waals surface area contributed by atoms with Crippen molar-refractivity contribution in [3.05, 3.63) is 35.1 Å². The van der Waals surface area contributed by atoms with E-state index in [0.717, 1.165) is 12.1 Å². The highest BCUT2D eigenvalue weighted by Gasteiger charge is 2.12. The third-order valence-corrected chi connectivity index (χ3v) is 1.39. The van der Waals surface area contributed by atoms with Gasteiger partial charge in [-0.1, -0.05) is 11.6 Å². The van der Waals surface area contributed by atoms with Crippen molar-refractivity contribution in [2.75, 3.05) is 0 Å². The lowest BCUT2D eigenvalue weighted by Gasteiger charge is -2.01. The first kappa shape index (κ1) is 8.11. The average molecular weight is 160 g/mol. The van der Waals surface area contributed by atoms with Gasteiger partial charge in [0, 0.05) is 0 Å². The Bertz CT molecular complexity index is 256. The number of benzene rings is 1. The molecule has 0 amide bonds. The van der Waals surface area contributed by atoms with E-state index in [9.17, 15) is 13.2 Å². The smallest absolute Gasteiger partial charge is 0.206 e. The van der Waals surface area contributed by atoms with E-state index in [4.69, 9.17) is 0 Å². The molecule has 0 radical (unpaired) electrons. The van der Waals surface area contributed by atoms with Gasteiger partial charge in [-0.25, -0.2) is 13.2 Å². The molecule has 1 aromatic rings. The maximum atomic E-state index is 12.5. The van der Waals surface area contributed by atoms with Crippen LogP contribution in [0.4, 0.5) is 13.2 Å². The lowest BCUT2D eigenvalue weighted by molar-refractivity contribution is 0.146. The summed E-state index contributed by atoms with van der Waals surface area (Å²) in [5, 5.41) is 0. The monoisotopic (exact) mass is 160 g/mol. The first-order valence-electron chi connectivity index (χ1n) is 3.15. The molecular weight excluding hydrogens is 153 g/mol. The number of halogens is 3. The Kier molecular flexibility index (Phi) is 2.17. The summed E-state index contributed by atoms with van der Waals surface area (Å²) in [6.07, 6.45) is -2.73. The second-order valence-corrected chi connectivity index (χ2v) is 2.33. The van der Waals surface area contributed by atoms with Crippen LogP contribution in [0.3, 0.4) is 0 Å². The second kappa shape index (κ2) is 2.95. The fourth-order valence-corrected chi connectivity index (χ4v) is 0.830. The molecule has 0 N–H and O–H groups in total. The van der Waals surface area contributed by atoms with Crippen molar-refractivity contribution in [3.8, 4) is 0 Å². The number of aryl methyl sites for hydroxylation is 1. The molecule has 11 heavy (non-hydrogen) atoms. The van der Waals surface area contributed by atoms with Crippen molar-refractivity contribution in [2.45, 2.75) is 13.3 Å². The molecule has 0 heterocycles. The molecule has 0 spiro atoms. The minimum Gasteiger partial charge on any atom is -0.206 e. The Balaban J connectivity index is 3.13. The normalized spacial score (nSPS) is 10.6. The quantitative estimate of drug-likeness (QED) is 0.592. The number of hydrogen-bond acceptors (Lipinski definition) is 0. The van der Waals surface area contributed by atoms with E-state index in [1.165, 1.54) is 6.07 Å². The molecular formula is C8H7F3. The van der Waals surface area contributed by atoms with Gasteiger partial charge in [-0.15, -0.1) is 0 Å². The maximum absolute atomic E-state index is 12.5. The number of alkyl halides is 2. The van der Waals surface area contributed by atoms with E-state index in [2.05, 4.69) is 0 Å². The van der Waals surface area contributed by atoms with Crippen LogP contribution in [0, 0.1) is 12.7 Å². The Hall–Kier alpha value is -0.990. The molecule has 1 aromatic carbocycles. The molecule has 0 atom stereocenters. The molecule has 0 fully saturated rings. The van der Waals surface area contributed by atoms with Crippen molar-refractivity contribution < 1.29 is 13.2 Å². The third kappa shape index (κ3) is 1.73. The lowest BCUT2D eigenvalue weighted by Crippen LogP contribution is -1.90. The third-order valence-electron chi connectivity index (χ3n) is 1.39. The van der Waals surface area contributed by atoms with Gasteiger partial charge in [0.2, 0.25) is 0 Å². The van der Waals surface area contributed by atoms with Crippen LogP contribution in [0.1, 0.15) is 17.6 Å². The van der Waals surface area contributed by atoms with Crippen LogP contribution in [0.15, 0.2) is 18.2 Å². The van der Waals surface area contributed by atoms with Gasteiger partial charge in [-0.05, 0) is 19.1 Å². The predicted octanol–water partition coefficient (Wildman–Crippen LogP) is 3.07. The van der Waals surface area contributed by atoms with Gasteiger partial charge in [0.1, 0.15) is 5.82 Å². The topological polar surface area (TPSA) is 0 Å². The molecule has 0 saturated carbocycles. The molecule has 0 aliphatic carbocycles. The molecule has 0 aromatic heterocycles. The maximum Gasteiger partial charge on any atom is 0.266 e. The summed E-state index contributed by atoms with van der Waals surface area (Å²) in [5.74, 6) is -0.842. The summed E-state index contributed by atoms with van der Waals surface area (Å²) >= 11 is 0. The van der Waals surface area contributed by atoms with Crippen molar-refractivity contribution in [1.82, 2.24) is 0 Å². The Morgan fingerprint density at radius 3 is 2.36 bits per heavy atom. The summed E-state index contributed by atoms with van der Waals surface area (Å²) in [4.78, 5) is 0. The summed E-state index contributed by atoms with van der Waals surface area (Å²) in [6, 6.07) is 3.66. The van der Waals surface area contributed by atoms with Crippen LogP contribution in [0.2, 0.25) is 0 Å². The Labute approximate surface area is 62.7 Å². The number of rotatable bonds is 1. The molecule has 0 saturated heterocycles. The molecule has 0 bridgehead atoms. The summed E-state index contributed by atoms with van der Waals surface area (Å²) in [5.41, 5.74) is 0.117. The van der Waals surface area contributed by atoms with Crippen molar-refractivity contribution >= 4 is 0 Å².